The van der Waals surface area contributed by atoms with E-state index in [2.05, 4.69) is 5.32 Å². The van der Waals surface area contributed by atoms with Crippen molar-refractivity contribution in [2.45, 2.75) is 71.1 Å². The van der Waals surface area contributed by atoms with Gasteiger partial charge in [-0.1, -0.05) is 0 Å². The Balaban J connectivity index is 1.78. The van der Waals surface area contributed by atoms with Crippen molar-refractivity contribution in [3.05, 3.63) is 39.4 Å². The molecule has 2 fully saturated rings. The van der Waals surface area contributed by atoms with Crippen molar-refractivity contribution < 1.29 is 28.2 Å². The lowest BCUT2D eigenvalue weighted by Crippen LogP contribution is -2.42. The van der Waals surface area contributed by atoms with Gasteiger partial charge < -0.3 is 24.3 Å². The average Bonchev–Trinajstić information content (AvgIpc) is 3.54. The van der Waals surface area contributed by atoms with E-state index in [0.717, 1.165) is 25.3 Å². The van der Waals surface area contributed by atoms with E-state index in [9.17, 15) is 19.2 Å². The summed E-state index contributed by atoms with van der Waals surface area (Å²) in [7, 11) is 0. The van der Waals surface area contributed by atoms with Crippen LogP contribution in [0.5, 0.6) is 0 Å². The van der Waals surface area contributed by atoms with Crippen LogP contribution in [-0.4, -0.2) is 54.3 Å². The number of alkyl carbamates (subject to hydrolysis) is 1. The summed E-state index contributed by atoms with van der Waals surface area (Å²) in [6.45, 7) is 7.73. The number of rotatable bonds is 7. The Morgan fingerprint density at radius 2 is 1.97 bits per heavy atom. The zero-order chi connectivity index (χ0) is 26.2. The number of benzene rings is 1. The maximum absolute atomic E-state index is 15.6. The average molecular weight is 502 g/mol. The number of pyridine rings is 1. The van der Waals surface area contributed by atoms with Gasteiger partial charge in [0, 0.05) is 31.4 Å². The third-order valence-electron chi connectivity index (χ3n) is 6.38. The number of carbonyl (C=O) groups is 3. The van der Waals surface area contributed by atoms with E-state index in [0.29, 0.717) is 24.8 Å². The van der Waals surface area contributed by atoms with E-state index >= 15 is 4.39 Å². The SMILES string of the molecule is CCOC(=O)c1cn(C2CC2)c2c(C=O)c(N3CCC[C@@H]3CNC(=O)OC(C)(C)C)c(F)cc2c1=O. The largest absolute Gasteiger partial charge is 0.462 e. The molecule has 1 amide bonds. The third kappa shape index (κ3) is 5.08. The molecule has 1 N–H and O–H groups in total. The van der Waals surface area contributed by atoms with Gasteiger partial charge in [-0.2, -0.15) is 0 Å². The van der Waals surface area contributed by atoms with Gasteiger partial charge >= 0.3 is 12.1 Å². The molecule has 1 atom stereocenters. The normalized spacial score (nSPS) is 17.8. The number of nitrogens with zero attached hydrogens (tertiary/aromatic N) is 2. The first-order chi connectivity index (χ1) is 17.1. The number of aromatic nitrogens is 1. The molecule has 0 bridgehead atoms. The Morgan fingerprint density at radius 3 is 2.58 bits per heavy atom. The quantitative estimate of drug-likeness (QED) is 0.452. The van der Waals surface area contributed by atoms with Crippen molar-refractivity contribution in [3.63, 3.8) is 0 Å². The van der Waals surface area contributed by atoms with Crippen LogP contribution in [0.25, 0.3) is 10.9 Å². The number of carbonyl (C=O) groups excluding carboxylic acids is 3. The topological polar surface area (TPSA) is 107 Å². The van der Waals surface area contributed by atoms with Gasteiger partial charge in [-0.3, -0.25) is 9.59 Å². The maximum atomic E-state index is 15.6. The van der Waals surface area contributed by atoms with Crippen LogP contribution in [0.4, 0.5) is 14.9 Å². The molecule has 1 saturated carbocycles. The lowest BCUT2D eigenvalue weighted by molar-refractivity contribution is 0.0514. The van der Waals surface area contributed by atoms with Gasteiger partial charge in [0.15, 0.2) is 6.29 Å². The first-order valence-electron chi connectivity index (χ1n) is 12.3. The van der Waals surface area contributed by atoms with E-state index in [1.54, 1.807) is 37.2 Å². The minimum absolute atomic E-state index is 0.00139. The van der Waals surface area contributed by atoms with Crippen molar-refractivity contribution in [1.82, 2.24) is 9.88 Å². The summed E-state index contributed by atoms with van der Waals surface area (Å²) in [6.07, 6.45) is 4.49. The van der Waals surface area contributed by atoms with Gasteiger partial charge in [0.2, 0.25) is 5.43 Å². The molecule has 36 heavy (non-hydrogen) atoms. The number of ether oxygens (including phenoxy) is 2. The molecule has 0 spiro atoms. The van der Waals surface area contributed by atoms with Gasteiger partial charge in [0.1, 0.15) is 17.0 Å². The van der Waals surface area contributed by atoms with Gasteiger partial charge in [-0.25, -0.2) is 14.0 Å². The Bertz CT molecular complexity index is 1260. The number of halogens is 1. The van der Waals surface area contributed by atoms with Crippen LogP contribution in [0.2, 0.25) is 0 Å². The van der Waals surface area contributed by atoms with Crippen LogP contribution in [0, 0.1) is 5.82 Å². The van der Waals surface area contributed by atoms with Gasteiger partial charge in [0.25, 0.3) is 0 Å². The molecule has 2 aliphatic rings. The fraction of sp³-hybridized carbons (Fsp3) is 0.538. The molecule has 1 aliphatic carbocycles. The van der Waals surface area contributed by atoms with Gasteiger partial charge in [0.05, 0.1) is 28.8 Å². The Labute approximate surface area is 208 Å². The summed E-state index contributed by atoms with van der Waals surface area (Å²) >= 11 is 0. The molecule has 1 aromatic carbocycles. The molecule has 2 aromatic rings. The zero-order valence-electron chi connectivity index (χ0n) is 21.1. The highest BCUT2D eigenvalue weighted by atomic mass is 19.1. The number of fused-ring (bicyclic) bond motifs is 1. The smallest absolute Gasteiger partial charge is 0.407 e. The second-order valence-corrected chi connectivity index (χ2v) is 10.2. The predicted molar refractivity (Wildman–Crippen MR) is 132 cm³/mol. The van der Waals surface area contributed by atoms with E-state index < -0.39 is 28.9 Å². The van der Waals surface area contributed by atoms with E-state index in [1.807, 2.05) is 0 Å². The molecule has 10 heteroatoms. The highest BCUT2D eigenvalue weighted by Crippen LogP contribution is 2.41. The van der Waals surface area contributed by atoms with Crippen LogP contribution < -0.4 is 15.6 Å². The summed E-state index contributed by atoms with van der Waals surface area (Å²) < 4.78 is 27.7. The third-order valence-corrected chi connectivity index (χ3v) is 6.38. The van der Waals surface area contributed by atoms with Crippen LogP contribution in [0.1, 0.15) is 80.1 Å². The standard InChI is InChI=1S/C26H32FN3O6/c1-5-35-24(33)18-13-30(15-8-9-15)21-17(23(18)32)11-20(27)22(19(21)14-31)29-10-6-7-16(29)12-28-25(34)36-26(2,3)4/h11,13-16H,5-10,12H2,1-4H3,(H,28,34)/t16-/m1/s1. The lowest BCUT2D eigenvalue weighted by Gasteiger charge is -2.30. The van der Waals surface area contributed by atoms with E-state index in [-0.39, 0.29) is 47.4 Å². The van der Waals surface area contributed by atoms with E-state index in [1.165, 1.54) is 6.20 Å². The number of aldehydes is 1. The number of esters is 1. The Morgan fingerprint density at radius 1 is 1.25 bits per heavy atom. The minimum Gasteiger partial charge on any atom is -0.462 e. The van der Waals surface area contributed by atoms with Crippen LogP contribution in [0.15, 0.2) is 17.1 Å². The lowest BCUT2D eigenvalue weighted by atomic mass is 10.0. The number of amides is 1. The molecule has 0 radical (unpaired) electrons. The van der Waals surface area contributed by atoms with Crippen molar-refractivity contribution in [2.75, 3.05) is 24.6 Å². The molecule has 2 heterocycles. The first-order valence-corrected chi connectivity index (χ1v) is 12.3. The number of anilines is 1. The summed E-state index contributed by atoms with van der Waals surface area (Å²) in [4.78, 5) is 52.0. The van der Waals surface area contributed by atoms with Crippen molar-refractivity contribution in [2.24, 2.45) is 0 Å². The molecule has 1 aromatic heterocycles. The highest BCUT2D eigenvalue weighted by Gasteiger charge is 2.34. The van der Waals surface area contributed by atoms with Crippen molar-refractivity contribution in [3.8, 4) is 0 Å². The van der Waals surface area contributed by atoms with Gasteiger partial charge in [-0.15, -0.1) is 0 Å². The number of nitrogens with one attached hydrogen (secondary N) is 1. The number of hydrogen-bond acceptors (Lipinski definition) is 7. The molecule has 1 saturated heterocycles. The molecular weight excluding hydrogens is 469 g/mol. The van der Waals surface area contributed by atoms with Crippen LogP contribution in [0.3, 0.4) is 0 Å². The molecule has 194 valence electrons. The Kier molecular flexibility index (Phi) is 7.06. The van der Waals surface area contributed by atoms with E-state index in [4.69, 9.17) is 9.47 Å². The van der Waals surface area contributed by atoms with Crippen molar-refractivity contribution >= 4 is 34.9 Å². The molecule has 0 unspecified atom stereocenters. The monoisotopic (exact) mass is 501 g/mol. The summed E-state index contributed by atoms with van der Waals surface area (Å²) in [5, 5.41) is 2.71. The fourth-order valence-electron chi connectivity index (χ4n) is 4.76. The first kappa shape index (κ1) is 25.7. The predicted octanol–water partition coefficient (Wildman–Crippen LogP) is 3.96. The highest BCUT2D eigenvalue weighted by molar-refractivity contribution is 6.04. The molecule has 4 rings (SSSR count). The summed E-state index contributed by atoms with van der Waals surface area (Å²) in [6, 6.07) is 0.850. The fourth-order valence-corrected chi connectivity index (χ4v) is 4.76. The molecule has 1 aliphatic heterocycles. The summed E-state index contributed by atoms with van der Waals surface area (Å²) in [5.74, 6) is -1.50. The molecule has 9 nitrogen and oxygen atoms in total. The Hall–Kier alpha value is -3.43. The second-order valence-electron chi connectivity index (χ2n) is 10.2. The summed E-state index contributed by atoms with van der Waals surface area (Å²) in [5.41, 5.74) is -1.02. The van der Waals surface area contributed by atoms with Crippen LogP contribution >= 0.6 is 0 Å². The van der Waals surface area contributed by atoms with Gasteiger partial charge in [-0.05, 0) is 59.4 Å². The molecular formula is C26H32FN3O6. The van der Waals surface area contributed by atoms with Crippen LogP contribution in [-0.2, 0) is 9.47 Å². The number of hydrogen-bond donors (Lipinski definition) is 1. The second kappa shape index (κ2) is 9.91. The zero-order valence-corrected chi connectivity index (χ0v) is 21.1. The maximum Gasteiger partial charge on any atom is 0.407 e. The minimum atomic E-state index is -0.774. The van der Waals surface area contributed by atoms with Crippen molar-refractivity contribution in [1.29, 1.82) is 0 Å².